The van der Waals surface area contributed by atoms with Crippen LogP contribution in [0.15, 0.2) is 15.0 Å². The van der Waals surface area contributed by atoms with Gasteiger partial charge in [-0.05, 0) is 37.9 Å². The van der Waals surface area contributed by atoms with Gasteiger partial charge in [0.15, 0.2) is 0 Å². The highest BCUT2D eigenvalue weighted by molar-refractivity contribution is 9.11. The number of benzene rings is 1. The Balaban J connectivity index is 3.44. The monoisotopic (exact) mass is 326 g/mol. The summed E-state index contributed by atoms with van der Waals surface area (Å²) in [6.45, 7) is 0. The molecular formula is C8H5Br2FO3. The van der Waals surface area contributed by atoms with Crippen LogP contribution >= 0.6 is 31.9 Å². The molecule has 0 aliphatic heterocycles. The number of halogens is 3. The Labute approximate surface area is 96.1 Å². The van der Waals surface area contributed by atoms with E-state index < -0.39 is 11.8 Å². The van der Waals surface area contributed by atoms with Crippen LogP contribution in [0.4, 0.5) is 4.39 Å². The molecule has 1 N–H and O–H groups in total. The number of phenolic OH excluding ortho intramolecular Hbond substituents is 1. The van der Waals surface area contributed by atoms with E-state index in [4.69, 9.17) is 0 Å². The zero-order chi connectivity index (χ0) is 10.9. The lowest BCUT2D eigenvalue weighted by atomic mass is 10.2. The van der Waals surface area contributed by atoms with Crippen LogP contribution in [0, 0.1) is 5.82 Å². The number of ether oxygens (including phenoxy) is 1. The van der Waals surface area contributed by atoms with Gasteiger partial charge in [-0.15, -0.1) is 0 Å². The largest absolute Gasteiger partial charge is 0.506 e. The third-order valence-corrected chi connectivity index (χ3v) is 2.91. The third kappa shape index (κ3) is 1.90. The smallest absolute Gasteiger partial charge is 0.342 e. The summed E-state index contributed by atoms with van der Waals surface area (Å²) in [4.78, 5) is 11.1. The van der Waals surface area contributed by atoms with Crippen molar-refractivity contribution in [3.8, 4) is 5.75 Å². The molecule has 0 radical (unpaired) electrons. The maximum atomic E-state index is 13.3. The van der Waals surface area contributed by atoms with E-state index in [1.807, 2.05) is 0 Å². The molecular weight excluding hydrogens is 323 g/mol. The molecule has 0 aliphatic carbocycles. The first-order valence-electron chi connectivity index (χ1n) is 3.43. The summed E-state index contributed by atoms with van der Waals surface area (Å²) in [5, 5.41) is 9.39. The van der Waals surface area contributed by atoms with E-state index in [0.717, 1.165) is 13.2 Å². The lowest BCUT2D eigenvalue weighted by Gasteiger charge is -2.07. The summed E-state index contributed by atoms with van der Waals surface area (Å²) < 4.78 is 17.7. The summed E-state index contributed by atoms with van der Waals surface area (Å²) in [6, 6.07) is 0.992. The molecule has 0 amide bonds. The van der Waals surface area contributed by atoms with Gasteiger partial charge in [0.05, 0.1) is 16.1 Å². The number of aromatic hydroxyl groups is 1. The molecule has 14 heavy (non-hydrogen) atoms. The van der Waals surface area contributed by atoms with Crippen LogP contribution in [0.5, 0.6) is 5.75 Å². The van der Waals surface area contributed by atoms with E-state index in [2.05, 4.69) is 36.6 Å². The number of methoxy groups -OCH3 is 1. The fourth-order valence-corrected chi connectivity index (χ4v) is 2.10. The van der Waals surface area contributed by atoms with Crippen molar-refractivity contribution < 1.29 is 19.0 Å². The number of rotatable bonds is 1. The molecule has 0 heterocycles. The Kier molecular flexibility index (Phi) is 3.49. The van der Waals surface area contributed by atoms with Gasteiger partial charge in [0.25, 0.3) is 0 Å². The van der Waals surface area contributed by atoms with Crippen LogP contribution in [-0.2, 0) is 4.74 Å². The first kappa shape index (κ1) is 11.5. The predicted molar refractivity (Wildman–Crippen MR) is 54.8 cm³/mol. The molecule has 6 heteroatoms. The van der Waals surface area contributed by atoms with Crippen molar-refractivity contribution in [2.45, 2.75) is 0 Å². The maximum absolute atomic E-state index is 13.3. The highest BCUT2D eigenvalue weighted by Crippen LogP contribution is 2.36. The summed E-state index contributed by atoms with van der Waals surface area (Å²) in [7, 11) is 1.13. The van der Waals surface area contributed by atoms with Crippen LogP contribution in [-0.4, -0.2) is 18.2 Å². The van der Waals surface area contributed by atoms with E-state index in [0.29, 0.717) is 0 Å². The van der Waals surface area contributed by atoms with Crippen LogP contribution in [0.1, 0.15) is 10.4 Å². The molecule has 1 aromatic carbocycles. The Morgan fingerprint density at radius 3 is 2.64 bits per heavy atom. The van der Waals surface area contributed by atoms with Crippen LogP contribution in [0.25, 0.3) is 0 Å². The predicted octanol–water partition coefficient (Wildman–Crippen LogP) is 2.84. The van der Waals surface area contributed by atoms with Crippen molar-refractivity contribution in [1.82, 2.24) is 0 Å². The minimum atomic E-state index is -0.850. The summed E-state index contributed by atoms with van der Waals surface area (Å²) in [5.74, 6) is -1.86. The molecule has 3 nitrogen and oxygen atoms in total. The van der Waals surface area contributed by atoms with Gasteiger partial charge >= 0.3 is 5.97 Å². The lowest BCUT2D eigenvalue weighted by molar-refractivity contribution is 0.0593. The molecule has 0 saturated carbocycles. The van der Waals surface area contributed by atoms with Crippen molar-refractivity contribution in [3.63, 3.8) is 0 Å². The van der Waals surface area contributed by atoms with Crippen molar-refractivity contribution in [3.05, 3.63) is 26.4 Å². The zero-order valence-electron chi connectivity index (χ0n) is 6.97. The topological polar surface area (TPSA) is 46.5 Å². The molecule has 0 bridgehead atoms. The average molecular weight is 328 g/mol. The van der Waals surface area contributed by atoms with Gasteiger partial charge < -0.3 is 9.84 Å². The van der Waals surface area contributed by atoms with Crippen molar-refractivity contribution >= 4 is 37.8 Å². The van der Waals surface area contributed by atoms with Crippen molar-refractivity contribution in [2.24, 2.45) is 0 Å². The average Bonchev–Trinajstić information content (AvgIpc) is 2.14. The Bertz CT molecular complexity index is 393. The molecule has 0 aliphatic rings. The molecule has 0 spiro atoms. The molecule has 0 fully saturated rings. The molecule has 76 valence electrons. The van der Waals surface area contributed by atoms with Crippen LogP contribution < -0.4 is 0 Å². The first-order valence-corrected chi connectivity index (χ1v) is 5.02. The lowest BCUT2D eigenvalue weighted by Crippen LogP contribution is -2.05. The summed E-state index contributed by atoms with van der Waals surface area (Å²) in [6.07, 6.45) is 0. The highest BCUT2D eigenvalue weighted by Gasteiger charge is 2.21. The number of carbonyl (C=O) groups is 1. The zero-order valence-corrected chi connectivity index (χ0v) is 10.1. The minimum absolute atomic E-state index is 0.0313. The second-order valence-corrected chi connectivity index (χ2v) is 4.02. The van der Waals surface area contributed by atoms with Gasteiger partial charge in [-0.1, -0.05) is 0 Å². The number of hydrogen-bond acceptors (Lipinski definition) is 3. The maximum Gasteiger partial charge on any atom is 0.342 e. The molecule has 1 aromatic rings. The van der Waals surface area contributed by atoms with Crippen LogP contribution in [0.2, 0.25) is 0 Å². The number of hydrogen-bond donors (Lipinski definition) is 1. The van der Waals surface area contributed by atoms with E-state index in [-0.39, 0.29) is 20.3 Å². The van der Waals surface area contributed by atoms with Gasteiger partial charge in [-0.25, -0.2) is 9.18 Å². The quantitative estimate of drug-likeness (QED) is 0.807. The second kappa shape index (κ2) is 4.27. The SMILES string of the molecule is COC(=O)c1c(F)cc(Br)c(O)c1Br. The molecule has 0 aromatic heterocycles. The van der Waals surface area contributed by atoms with E-state index in [9.17, 15) is 14.3 Å². The molecule has 0 unspecified atom stereocenters. The van der Waals surface area contributed by atoms with Gasteiger partial charge in [-0.3, -0.25) is 0 Å². The second-order valence-electron chi connectivity index (χ2n) is 2.37. The first-order chi connectivity index (χ1) is 6.49. The van der Waals surface area contributed by atoms with Gasteiger partial charge in [0.2, 0.25) is 0 Å². The van der Waals surface area contributed by atoms with Gasteiger partial charge in [0, 0.05) is 0 Å². The highest BCUT2D eigenvalue weighted by atomic mass is 79.9. The third-order valence-electron chi connectivity index (χ3n) is 1.54. The minimum Gasteiger partial charge on any atom is -0.506 e. The van der Waals surface area contributed by atoms with Gasteiger partial charge in [-0.2, -0.15) is 0 Å². The molecule has 0 atom stereocenters. The number of phenols is 1. The summed E-state index contributed by atoms with van der Waals surface area (Å²) >= 11 is 5.83. The van der Waals surface area contributed by atoms with Crippen LogP contribution in [0.3, 0.4) is 0 Å². The number of esters is 1. The van der Waals surface area contributed by atoms with E-state index in [1.165, 1.54) is 0 Å². The van der Waals surface area contributed by atoms with E-state index in [1.54, 1.807) is 0 Å². The van der Waals surface area contributed by atoms with E-state index >= 15 is 0 Å². The standard InChI is InChI=1S/C8H5Br2FO3/c1-14-8(13)5-4(11)2-3(9)7(12)6(5)10/h2,12H,1H3. The number of carbonyl (C=O) groups excluding carboxylic acids is 1. The normalized spacial score (nSPS) is 10.0. The molecule has 0 saturated heterocycles. The Morgan fingerprint density at radius 1 is 1.57 bits per heavy atom. The Hall–Kier alpha value is -0.620. The Morgan fingerprint density at radius 2 is 2.14 bits per heavy atom. The molecule has 1 rings (SSSR count). The van der Waals surface area contributed by atoms with Crippen molar-refractivity contribution in [2.75, 3.05) is 7.11 Å². The fourth-order valence-electron chi connectivity index (χ4n) is 0.869. The fraction of sp³-hybridized carbons (Fsp3) is 0.125. The summed E-state index contributed by atoms with van der Waals surface area (Å²) in [5.41, 5.74) is -0.326. The van der Waals surface area contributed by atoms with Gasteiger partial charge in [0.1, 0.15) is 17.1 Å². The van der Waals surface area contributed by atoms with Crippen molar-refractivity contribution in [1.29, 1.82) is 0 Å².